The SMILES string of the molecule is Cc1cc(C(Cc2c(F)ccc(Br)c2F)NN)n(C)n1. The van der Waals surface area contributed by atoms with E-state index in [0.717, 1.165) is 11.4 Å². The zero-order valence-electron chi connectivity index (χ0n) is 11.1. The summed E-state index contributed by atoms with van der Waals surface area (Å²) in [7, 11) is 1.76. The van der Waals surface area contributed by atoms with Gasteiger partial charge in [0.15, 0.2) is 0 Å². The number of nitrogens with zero attached hydrogens (tertiary/aromatic N) is 2. The molecule has 1 aromatic heterocycles. The molecule has 1 unspecified atom stereocenters. The second kappa shape index (κ2) is 5.99. The van der Waals surface area contributed by atoms with Gasteiger partial charge >= 0.3 is 0 Å². The van der Waals surface area contributed by atoms with Gasteiger partial charge in [0, 0.05) is 19.0 Å². The van der Waals surface area contributed by atoms with Crippen molar-refractivity contribution >= 4 is 15.9 Å². The maximum absolute atomic E-state index is 14.0. The van der Waals surface area contributed by atoms with E-state index in [1.165, 1.54) is 12.1 Å². The summed E-state index contributed by atoms with van der Waals surface area (Å²) in [6, 6.07) is 3.97. The Balaban J connectivity index is 2.36. The molecular formula is C13H15BrF2N4. The molecule has 0 saturated heterocycles. The second-order valence-electron chi connectivity index (χ2n) is 4.58. The molecule has 0 bridgehead atoms. The van der Waals surface area contributed by atoms with Gasteiger partial charge in [-0.15, -0.1) is 0 Å². The first kappa shape index (κ1) is 15.1. The summed E-state index contributed by atoms with van der Waals surface area (Å²) in [5.74, 6) is 4.32. The van der Waals surface area contributed by atoms with Crippen molar-refractivity contribution in [2.45, 2.75) is 19.4 Å². The van der Waals surface area contributed by atoms with E-state index in [1.807, 2.05) is 13.0 Å². The molecule has 0 aliphatic heterocycles. The van der Waals surface area contributed by atoms with Crippen molar-refractivity contribution in [3.8, 4) is 0 Å². The minimum absolute atomic E-state index is 0.0128. The lowest BCUT2D eigenvalue weighted by molar-refractivity contribution is 0.475. The van der Waals surface area contributed by atoms with Crippen LogP contribution in [-0.4, -0.2) is 9.78 Å². The summed E-state index contributed by atoms with van der Waals surface area (Å²) in [5, 5.41) is 4.21. The van der Waals surface area contributed by atoms with Crippen molar-refractivity contribution in [3.63, 3.8) is 0 Å². The van der Waals surface area contributed by atoms with Crippen molar-refractivity contribution in [2.24, 2.45) is 12.9 Å². The van der Waals surface area contributed by atoms with Crippen LogP contribution in [0.4, 0.5) is 8.78 Å². The maximum Gasteiger partial charge on any atom is 0.143 e. The first-order valence-corrected chi connectivity index (χ1v) is 6.82. The highest BCUT2D eigenvalue weighted by Gasteiger charge is 2.21. The van der Waals surface area contributed by atoms with Gasteiger partial charge in [-0.05, 0) is 41.1 Å². The fraction of sp³-hybridized carbons (Fsp3) is 0.308. The number of nitrogens with two attached hydrogens (primary N) is 1. The summed E-state index contributed by atoms with van der Waals surface area (Å²) < 4.78 is 29.7. The highest BCUT2D eigenvalue weighted by Crippen LogP contribution is 2.26. The predicted molar refractivity (Wildman–Crippen MR) is 75.8 cm³/mol. The third-order valence-corrected chi connectivity index (χ3v) is 3.76. The molecule has 4 nitrogen and oxygen atoms in total. The fourth-order valence-corrected chi connectivity index (χ4v) is 2.54. The average Bonchev–Trinajstić information content (AvgIpc) is 2.74. The van der Waals surface area contributed by atoms with Crippen molar-refractivity contribution in [2.75, 3.05) is 0 Å². The molecule has 0 fully saturated rings. The first-order valence-electron chi connectivity index (χ1n) is 6.03. The number of hydrazine groups is 1. The summed E-state index contributed by atoms with van der Waals surface area (Å²) in [6.45, 7) is 1.84. The molecule has 20 heavy (non-hydrogen) atoms. The Morgan fingerprint density at radius 3 is 2.70 bits per heavy atom. The van der Waals surface area contributed by atoms with Crippen molar-refractivity contribution in [3.05, 3.63) is 51.3 Å². The molecule has 3 N–H and O–H groups in total. The van der Waals surface area contributed by atoms with Crippen LogP contribution in [0.2, 0.25) is 0 Å². The van der Waals surface area contributed by atoms with E-state index in [0.29, 0.717) is 0 Å². The summed E-state index contributed by atoms with van der Waals surface area (Å²) in [5.41, 5.74) is 4.16. The van der Waals surface area contributed by atoms with Crippen LogP contribution in [0.5, 0.6) is 0 Å². The molecule has 0 aliphatic rings. The van der Waals surface area contributed by atoms with Gasteiger partial charge in [0.25, 0.3) is 0 Å². The Hall–Kier alpha value is -1.31. The fourth-order valence-electron chi connectivity index (χ4n) is 2.17. The molecule has 0 spiro atoms. The first-order chi connectivity index (χ1) is 9.43. The largest absolute Gasteiger partial charge is 0.271 e. The minimum Gasteiger partial charge on any atom is -0.271 e. The minimum atomic E-state index is -0.607. The molecular weight excluding hydrogens is 330 g/mol. The topological polar surface area (TPSA) is 55.9 Å². The van der Waals surface area contributed by atoms with E-state index in [4.69, 9.17) is 5.84 Å². The lowest BCUT2D eigenvalue weighted by Crippen LogP contribution is -2.31. The van der Waals surface area contributed by atoms with E-state index in [9.17, 15) is 8.78 Å². The molecule has 1 aromatic carbocycles. The molecule has 2 aromatic rings. The third-order valence-electron chi connectivity index (χ3n) is 3.14. The number of rotatable bonds is 4. The van der Waals surface area contributed by atoms with Gasteiger partial charge in [0.05, 0.1) is 21.9 Å². The van der Waals surface area contributed by atoms with Crippen molar-refractivity contribution in [1.82, 2.24) is 15.2 Å². The highest BCUT2D eigenvalue weighted by atomic mass is 79.9. The second-order valence-corrected chi connectivity index (χ2v) is 5.43. The van der Waals surface area contributed by atoms with Gasteiger partial charge in [-0.25, -0.2) is 8.78 Å². The standard InChI is InChI=1S/C13H15BrF2N4/c1-7-5-12(20(2)19-7)11(18-17)6-8-10(15)4-3-9(14)13(8)16/h3-5,11,18H,6,17H2,1-2H3. The van der Waals surface area contributed by atoms with Gasteiger partial charge in [-0.3, -0.25) is 16.0 Å². The van der Waals surface area contributed by atoms with Crippen LogP contribution in [0, 0.1) is 18.6 Å². The number of hydrogen-bond acceptors (Lipinski definition) is 3. The van der Waals surface area contributed by atoms with Gasteiger partial charge < -0.3 is 0 Å². The van der Waals surface area contributed by atoms with Crippen molar-refractivity contribution < 1.29 is 8.78 Å². The highest BCUT2D eigenvalue weighted by molar-refractivity contribution is 9.10. The van der Waals surface area contributed by atoms with Gasteiger partial charge in [0.2, 0.25) is 0 Å². The molecule has 0 radical (unpaired) electrons. The van der Waals surface area contributed by atoms with Crippen LogP contribution in [0.15, 0.2) is 22.7 Å². The Labute approximate surface area is 124 Å². The molecule has 7 heteroatoms. The summed E-state index contributed by atoms with van der Waals surface area (Å²) in [4.78, 5) is 0. The van der Waals surface area contributed by atoms with E-state index in [2.05, 4.69) is 26.5 Å². The Morgan fingerprint density at radius 1 is 1.45 bits per heavy atom. The lowest BCUT2D eigenvalue weighted by Gasteiger charge is -2.17. The molecule has 0 amide bonds. The quantitative estimate of drug-likeness (QED) is 0.509. The summed E-state index contributed by atoms with van der Waals surface area (Å²) >= 11 is 3.06. The van der Waals surface area contributed by atoms with Gasteiger partial charge in [0.1, 0.15) is 11.6 Å². The van der Waals surface area contributed by atoms with Gasteiger partial charge in [-0.2, -0.15) is 5.10 Å². The molecule has 2 rings (SSSR count). The van der Waals surface area contributed by atoms with E-state index in [-0.39, 0.29) is 16.5 Å². The number of halogens is 3. The smallest absolute Gasteiger partial charge is 0.143 e. The molecule has 0 aliphatic carbocycles. The molecule has 1 heterocycles. The van der Waals surface area contributed by atoms with Crippen LogP contribution < -0.4 is 11.3 Å². The van der Waals surface area contributed by atoms with Crippen molar-refractivity contribution in [1.29, 1.82) is 0 Å². The number of hydrogen-bond donors (Lipinski definition) is 2. The summed E-state index contributed by atoms with van der Waals surface area (Å²) in [6.07, 6.45) is 0.0899. The zero-order valence-corrected chi connectivity index (χ0v) is 12.7. The number of aryl methyl sites for hydroxylation is 2. The average molecular weight is 345 g/mol. The monoisotopic (exact) mass is 344 g/mol. The Morgan fingerprint density at radius 2 is 2.15 bits per heavy atom. The van der Waals surface area contributed by atoms with Crippen LogP contribution in [0.25, 0.3) is 0 Å². The predicted octanol–water partition coefficient (Wildman–Crippen LogP) is 2.52. The molecule has 0 saturated carbocycles. The van der Waals surface area contributed by atoms with Crippen LogP contribution >= 0.6 is 15.9 Å². The normalized spacial score (nSPS) is 12.7. The lowest BCUT2D eigenvalue weighted by atomic mass is 10.0. The Bertz CT molecular complexity index is 627. The van der Waals surface area contributed by atoms with Gasteiger partial charge in [-0.1, -0.05) is 0 Å². The van der Waals surface area contributed by atoms with Crippen LogP contribution in [-0.2, 0) is 13.5 Å². The van der Waals surface area contributed by atoms with E-state index in [1.54, 1.807) is 11.7 Å². The number of benzene rings is 1. The van der Waals surface area contributed by atoms with Crippen LogP contribution in [0.1, 0.15) is 23.0 Å². The number of nitrogens with one attached hydrogen (secondary N) is 1. The Kier molecular flexibility index (Phi) is 4.52. The van der Waals surface area contributed by atoms with Crippen LogP contribution in [0.3, 0.4) is 0 Å². The van der Waals surface area contributed by atoms with E-state index >= 15 is 0 Å². The third kappa shape index (κ3) is 2.89. The van der Waals surface area contributed by atoms with E-state index < -0.39 is 17.7 Å². The molecule has 108 valence electrons. The molecule has 1 atom stereocenters. The number of aromatic nitrogens is 2. The maximum atomic E-state index is 14.0. The zero-order chi connectivity index (χ0) is 14.9.